The van der Waals surface area contributed by atoms with Gasteiger partial charge in [0.25, 0.3) is 0 Å². The number of hydrogen-bond donors (Lipinski definition) is 1. The topological polar surface area (TPSA) is 59.8 Å². The van der Waals surface area contributed by atoms with Crippen LogP contribution < -0.4 is 5.32 Å². The van der Waals surface area contributed by atoms with Gasteiger partial charge >= 0.3 is 0 Å². The Balaban J connectivity index is 1.49. The smallest absolute Gasteiger partial charge is 0.237 e. The van der Waals surface area contributed by atoms with Crippen LogP contribution in [0.5, 0.6) is 0 Å². The minimum Gasteiger partial charge on any atom is -0.325 e. The summed E-state index contributed by atoms with van der Waals surface area (Å²) in [6.07, 6.45) is 4.10. The fourth-order valence-corrected chi connectivity index (χ4v) is 3.59. The van der Waals surface area contributed by atoms with E-state index < -0.39 is 0 Å². The molecule has 1 aliphatic carbocycles. The number of fused-ring (bicyclic) bond motifs is 1. The first-order valence-electron chi connectivity index (χ1n) is 8.07. The largest absolute Gasteiger partial charge is 0.325 e. The zero-order valence-corrected chi connectivity index (χ0v) is 14.2. The van der Waals surface area contributed by atoms with Crippen molar-refractivity contribution >= 4 is 34.1 Å². The monoisotopic (exact) mass is 338 g/mol. The predicted octanol–water partition coefficient (Wildman–Crippen LogP) is 3.89. The minimum atomic E-state index is -0.245. The molecule has 1 heterocycles. The summed E-state index contributed by atoms with van der Waals surface area (Å²) < 4.78 is 2.08. The fourth-order valence-electron chi connectivity index (χ4n) is 2.70. The van der Waals surface area contributed by atoms with Crippen molar-refractivity contribution in [2.24, 2.45) is 0 Å². The molecule has 0 saturated heterocycles. The third-order valence-electron chi connectivity index (χ3n) is 4.18. The van der Waals surface area contributed by atoms with Crippen molar-refractivity contribution in [1.29, 1.82) is 0 Å². The Morgan fingerprint density at radius 1 is 1.25 bits per heavy atom. The molecule has 1 atom stereocenters. The summed E-state index contributed by atoms with van der Waals surface area (Å²) in [6.45, 7) is 1.90. The van der Waals surface area contributed by atoms with Gasteiger partial charge in [0.15, 0.2) is 5.16 Å². The highest BCUT2D eigenvalue weighted by atomic mass is 32.2. The lowest BCUT2D eigenvalue weighted by Crippen LogP contribution is -2.23. The molecule has 0 bridgehead atoms. The summed E-state index contributed by atoms with van der Waals surface area (Å²) >= 11 is 1.46. The first kappa shape index (κ1) is 15.2. The Labute approximate surface area is 144 Å². The van der Waals surface area contributed by atoms with Crippen molar-refractivity contribution < 1.29 is 4.79 Å². The van der Waals surface area contributed by atoms with Crippen LogP contribution in [0, 0.1) is 0 Å². The molecular weight excluding hydrogens is 320 g/mol. The lowest BCUT2D eigenvalue weighted by molar-refractivity contribution is -0.115. The van der Waals surface area contributed by atoms with Gasteiger partial charge in [-0.25, -0.2) is 0 Å². The Kier molecular flexibility index (Phi) is 3.98. The van der Waals surface area contributed by atoms with E-state index in [2.05, 4.69) is 20.1 Å². The SMILES string of the molecule is C[C@H](Sc1nncn1C1CC1)C(=O)Nc1cccc2ccccc12. The van der Waals surface area contributed by atoms with Gasteiger partial charge in [-0.2, -0.15) is 0 Å². The number of nitrogens with one attached hydrogen (secondary N) is 1. The lowest BCUT2D eigenvalue weighted by Gasteiger charge is -2.13. The van der Waals surface area contributed by atoms with E-state index in [4.69, 9.17) is 0 Å². The molecule has 4 rings (SSSR count). The first-order valence-corrected chi connectivity index (χ1v) is 8.95. The molecular formula is C18H18N4OS. The molecule has 5 nitrogen and oxygen atoms in total. The molecule has 24 heavy (non-hydrogen) atoms. The van der Waals surface area contributed by atoms with Gasteiger partial charge in [-0.15, -0.1) is 10.2 Å². The highest BCUT2D eigenvalue weighted by Gasteiger charge is 2.28. The van der Waals surface area contributed by atoms with Crippen molar-refractivity contribution in [3.63, 3.8) is 0 Å². The average Bonchev–Trinajstić information content (AvgIpc) is 3.34. The highest BCUT2D eigenvalue weighted by Crippen LogP contribution is 2.38. The second-order valence-corrected chi connectivity index (χ2v) is 7.34. The minimum absolute atomic E-state index is 0.0262. The fraction of sp³-hybridized carbons (Fsp3) is 0.278. The summed E-state index contributed by atoms with van der Waals surface area (Å²) in [5.74, 6) is -0.0262. The molecule has 1 aromatic heterocycles. The van der Waals surface area contributed by atoms with Gasteiger partial charge in [-0.3, -0.25) is 4.79 Å². The van der Waals surface area contributed by atoms with Crippen LogP contribution in [0.25, 0.3) is 10.8 Å². The van der Waals surface area contributed by atoms with E-state index in [1.807, 2.05) is 49.4 Å². The lowest BCUT2D eigenvalue weighted by atomic mass is 10.1. The molecule has 1 saturated carbocycles. The predicted molar refractivity (Wildman–Crippen MR) is 96.2 cm³/mol. The van der Waals surface area contributed by atoms with E-state index in [1.54, 1.807) is 6.33 Å². The molecule has 1 amide bonds. The molecule has 2 aromatic carbocycles. The maximum Gasteiger partial charge on any atom is 0.237 e. The van der Waals surface area contributed by atoms with E-state index >= 15 is 0 Å². The van der Waals surface area contributed by atoms with Gasteiger partial charge in [-0.1, -0.05) is 48.2 Å². The standard InChI is InChI=1S/C18H18N4OS/c1-12(24-18-21-19-11-22(18)14-9-10-14)17(23)20-16-8-4-6-13-5-2-3-7-15(13)16/h2-8,11-12,14H,9-10H2,1H3,(H,20,23)/t12-/m0/s1. The molecule has 0 unspecified atom stereocenters. The maximum absolute atomic E-state index is 12.6. The maximum atomic E-state index is 12.6. The number of carbonyl (C=O) groups excluding carboxylic acids is 1. The molecule has 122 valence electrons. The first-order chi connectivity index (χ1) is 11.7. The summed E-state index contributed by atoms with van der Waals surface area (Å²) in [5.41, 5.74) is 0.842. The third-order valence-corrected chi connectivity index (χ3v) is 5.25. The number of carbonyl (C=O) groups is 1. The molecule has 6 heteroatoms. The number of anilines is 1. The summed E-state index contributed by atoms with van der Waals surface area (Å²) in [5, 5.41) is 13.9. The quantitative estimate of drug-likeness (QED) is 0.717. The van der Waals surface area contributed by atoms with E-state index in [0.29, 0.717) is 6.04 Å². The van der Waals surface area contributed by atoms with Crippen LogP contribution in [0.1, 0.15) is 25.8 Å². The van der Waals surface area contributed by atoms with Gasteiger partial charge in [0.05, 0.1) is 5.25 Å². The molecule has 3 aromatic rings. The van der Waals surface area contributed by atoms with Crippen molar-refractivity contribution in [2.75, 3.05) is 5.32 Å². The van der Waals surface area contributed by atoms with E-state index in [-0.39, 0.29) is 11.2 Å². The Hall–Kier alpha value is -2.34. The van der Waals surface area contributed by atoms with Crippen molar-refractivity contribution in [1.82, 2.24) is 14.8 Å². The molecule has 0 radical (unpaired) electrons. The number of hydrogen-bond acceptors (Lipinski definition) is 4. The Morgan fingerprint density at radius 2 is 2.04 bits per heavy atom. The van der Waals surface area contributed by atoms with E-state index in [9.17, 15) is 4.79 Å². The second kappa shape index (κ2) is 6.28. The van der Waals surface area contributed by atoms with Crippen molar-refractivity contribution in [2.45, 2.75) is 36.2 Å². The van der Waals surface area contributed by atoms with Crippen LogP contribution in [0.4, 0.5) is 5.69 Å². The zero-order chi connectivity index (χ0) is 16.5. The molecule has 0 spiro atoms. The van der Waals surface area contributed by atoms with Gasteiger partial charge in [0.2, 0.25) is 5.91 Å². The number of thioether (sulfide) groups is 1. The number of benzene rings is 2. The van der Waals surface area contributed by atoms with Gasteiger partial charge < -0.3 is 9.88 Å². The highest BCUT2D eigenvalue weighted by molar-refractivity contribution is 8.00. The van der Waals surface area contributed by atoms with Crippen LogP contribution in [0.2, 0.25) is 0 Å². The summed E-state index contributed by atoms with van der Waals surface area (Å²) in [6, 6.07) is 14.5. The number of nitrogens with zero attached hydrogens (tertiary/aromatic N) is 3. The Morgan fingerprint density at radius 3 is 2.88 bits per heavy atom. The number of amides is 1. The summed E-state index contributed by atoms with van der Waals surface area (Å²) in [4.78, 5) is 12.6. The summed E-state index contributed by atoms with van der Waals surface area (Å²) in [7, 11) is 0. The van der Waals surface area contributed by atoms with Crippen LogP contribution >= 0.6 is 11.8 Å². The molecule has 0 aliphatic heterocycles. The normalized spacial score (nSPS) is 15.4. The van der Waals surface area contributed by atoms with Crippen molar-refractivity contribution in [3.05, 3.63) is 48.8 Å². The van der Waals surface area contributed by atoms with E-state index in [0.717, 1.165) is 21.6 Å². The van der Waals surface area contributed by atoms with Crippen LogP contribution in [0.15, 0.2) is 53.9 Å². The molecule has 1 aliphatic rings. The molecule has 1 fully saturated rings. The van der Waals surface area contributed by atoms with Crippen LogP contribution in [0.3, 0.4) is 0 Å². The van der Waals surface area contributed by atoms with Gasteiger partial charge in [0.1, 0.15) is 6.33 Å². The van der Waals surface area contributed by atoms with Crippen LogP contribution in [-0.2, 0) is 4.79 Å². The second-order valence-electron chi connectivity index (χ2n) is 6.03. The number of rotatable bonds is 5. The molecule has 1 N–H and O–H groups in total. The van der Waals surface area contributed by atoms with Crippen molar-refractivity contribution in [3.8, 4) is 0 Å². The zero-order valence-electron chi connectivity index (χ0n) is 13.3. The van der Waals surface area contributed by atoms with Crippen LogP contribution in [-0.4, -0.2) is 25.9 Å². The Bertz CT molecular complexity index is 882. The number of aromatic nitrogens is 3. The van der Waals surface area contributed by atoms with E-state index in [1.165, 1.54) is 24.6 Å². The van der Waals surface area contributed by atoms with Gasteiger partial charge in [0, 0.05) is 17.1 Å². The average molecular weight is 338 g/mol. The third kappa shape index (κ3) is 3.01. The van der Waals surface area contributed by atoms with Gasteiger partial charge in [-0.05, 0) is 31.2 Å².